The molecule has 3 rings (SSSR count). The van der Waals surface area contributed by atoms with Gasteiger partial charge in [-0.25, -0.2) is 18.4 Å². The molecule has 1 aromatic carbocycles. The molecule has 23 heavy (non-hydrogen) atoms. The van der Waals surface area contributed by atoms with Gasteiger partial charge in [-0.05, 0) is 31.6 Å². The Kier molecular flexibility index (Phi) is 3.45. The molecular weight excluding hydrogens is 312 g/mol. The third-order valence-corrected chi connectivity index (χ3v) is 5.31. The molecule has 3 N–H and O–H groups in total. The quantitative estimate of drug-likeness (QED) is 0.769. The molecule has 0 aliphatic carbocycles. The van der Waals surface area contributed by atoms with Crippen LogP contribution in [0.25, 0.3) is 16.6 Å². The molecule has 0 atom stereocenters. The second kappa shape index (κ2) is 5.20. The molecule has 0 aliphatic rings. The molecule has 0 radical (unpaired) electrons. The lowest BCUT2D eigenvalue weighted by Gasteiger charge is -2.05. The van der Waals surface area contributed by atoms with Crippen molar-refractivity contribution in [1.82, 2.24) is 15.0 Å². The summed E-state index contributed by atoms with van der Waals surface area (Å²) in [5.41, 5.74) is 8.00. The van der Waals surface area contributed by atoms with E-state index < -0.39 is 9.84 Å². The molecule has 3 aromatic rings. The van der Waals surface area contributed by atoms with Crippen LogP contribution in [0.3, 0.4) is 0 Å². The summed E-state index contributed by atoms with van der Waals surface area (Å²) in [6.07, 6.45) is 0. The summed E-state index contributed by atoms with van der Waals surface area (Å²) in [4.78, 5) is 11.6. The van der Waals surface area contributed by atoms with Crippen LogP contribution in [0.15, 0.2) is 46.7 Å². The van der Waals surface area contributed by atoms with Crippen LogP contribution in [-0.4, -0.2) is 23.4 Å². The van der Waals surface area contributed by atoms with E-state index in [1.54, 1.807) is 32.0 Å². The van der Waals surface area contributed by atoms with E-state index in [4.69, 9.17) is 5.73 Å². The first-order valence-corrected chi connectivity index (χ1v) is 8.42. The number of anilines is 1. The molecule has 6 nitrogen and oxygen atoms in total. The van der Waals surface area contributed by atoms with Crippen LogP contribution in [0.4, 0.5) is 5.82 Å². The van der Waals surface area contributed by atoms with Gasteiger partial charge in [-0.1, -0.05) is 24.8 Å². The Hall–Kier alpha value is -2.67. The van der Waals surface area contributed by atoms with Gasteiger partial charge >= 0.3 is 0 Å². The summed E-state index contributed by atoms with van der Waals surface area (Å²) in [7, 11) is -3.79. The molecule has 7 heteroatoms. The van der Waals surface area contributed by atoms with Gasteiger partial charge in [-0.15, -0.1) is 0 Å². The maximum atomic E-state index is 12.9. The van der Waals surface area contributed by atoms with Crippen LogP contribution < -0.4 is 5.73 Å². The fraction of sp³-hybridized carbons (Fsp3) is 0.125. The third-order valence-electron chi connectivity index (χ3n) is 3.47. The first-order valence-electron chi connectivity index (χ1n) is 6.94. The number of nitrogens with two attached hydrogens (primary N) is 1. The topological polar surface area (TPSA) is 102 Å². The van der Waals surface area contributed by atoms with Crippen LogP contribution in [0.1, 0.15) is 18.4 Å². The minimum absolute atomic E-state index is 0.0216. The number of benzene rings is 1. The molecule has 0 fully saturated rings. The van der Waals surface area contributed by atoms with Gasteiger partial charge < -0.3 is 10.7 Å². The number of nitrogen functional groups attached to an aromatic ring is 1. The predicted molar refractivity (Wildman–Crippen MR) is 89.6 cm³/mol. The normalized spacial score (nSPS) is 11.7. The van der Waals surface area contributed by atoms with Crippen molar-refractivity contribution >= 4 is 32.3 Å². The van der Waals surface area contributed by atoms with Crippen molar-refractivity contribution in [2.75, 3.05) is 5.73 Å². The van der Waals surface area contributed by atoms with Crippen molar-refractivity contribution < 1.29 is 8.42 Å². The smallest absolute Gasteiger partial charge is 0.212 e. The summed E-state index contributed by atoms with van der Waals surface area (Å²) in [5, 5.41) is 0. The van der Waals surface area contributed by atoms with E-state index in [0.29, 0.717) is 22.6 Å². The van der Waals surface area contributed by atoms with E-state index in [9.17, 15) is 8.42 Å². The van der Waals surface area contributed by atoms with Gasteiger partial charge in [0.2, 0.25) is 9.84 Å². The summed E-state index contributed by atoms with van der Waals surface area (Å²) >= 11 is 0. The van der Waals surface area contributed by atoms with Crippen LogP contribution in [-0.2, 0) is 9.84 Å². The predicted octanol–water partition coefficient (Wildman–Crippen LogP) is 2.71. The lowest BCUT2D eigenvalue weighted by atomic mass is 10.2. The Balaban J connectivity index is 2.40. The van der Waals surface area contributed by atoms with Crippen molar-refractivity contribution in [2.45, 2.75) is 23.6 Å². The Morgan fingerprint density at radius 1 is 1.22 bits per heavy atom. The summed E-state index contributed by atoms with van der Waals surface area (Å²) in [6, 6.07) is 8.14. The Morgan fingerprint density at radius 2 is 1.87 bits per heavy atom. The lowest BCUT2D eigenvalue weighted by Crippen LogP contribution is -2.05. The van der Waals surface area contributed by atoms with Crippen molar-refractivity contribution in [3.63, 3.8) is 0 Å². The second-order valence-corrected chi connectivity index (χ2v) is 7.19. The monoisotopic (exact) mass is 328 g/mol. The van der Waals surface area contributed by atoms with Crippen molar-refractivity contribution in [2.24, 2.45) is 0 Å². The maximum Gasteiger partial charge on any atom is 0.212 e. The van der Waals surface area contributed by atoms with Gasteiger partial charge in [-0.3, -0.25) is 0 Å². The zero-order valence-corrected chi connectivity index (χ0v) is 13.6. The Bertz CT molecular complexity index is 1020. The van der Waals surface area contributed by atoms with Crippen LogP contribution in [0, 0.1) is 6.92 Å². The van der Waals surface area contributed by atoms with Crippen molar-refractivity contribution in [1.29, 1.82) is 0 Å². The van der Waals surface area contributed by atoms with E-state index in [0.717, 1.165) is 0 Å². The SMILES string of the molecule is C=C(C)c1nc(C)nc2c(S(=O)(=O)c3ccccc3)c(N)[nH]c12. The Labute approximate surface area is 134 Å². The second-order valence-electron chi connectivity index (χ2n) is 5.31. The zero-order chi connectivity index (χ0) is 16.8. The number of nitrogens with zero attached hydrogens (tertiary/aromatic N) is 2. The molecule has 0 amide bonds. The number of hydrogen-bond acceptors (Lipinski definition) is 5. The molecular formula is C16H16N4O2S. The van der Waals surface area contributed by atoms with E-state index in [2.05, 4.69) is 21.5 Å². The average molecular weight is 328 g/mol. The van der Waals surface area contributed by atoms with Crippen molar-refractivity contribution in [3.05, 3.63) is 48.4 Å². The van der Waals surface area contributed by atoms with E-state index >= 15 is 0 Å². The number of aryl methyl sites for hydroxylation is 1. The number of aromatic amines is 1. The summed E-state index contributed by atoms with van der Waals surface area (Å²) < 4.78 is 25.9. The molecule has 0 bridgehead atoms. The standard InChI is InChI=1S/C16H16N4O2S/c1-9(2)12-13-14(19-10(3)18-12)15(16(17)20-13)23(21,22)11-7-5-4-6-8-11/h4-8,20H,1,17H2,2-3H3. The number of H-pyrrole nitrogens is 1. The first kappa shape index (κ1) is 15.2. The molecule has 0 saturated carbocycles. The molecule has 2 heterocycles. The number of allylic oxidation sites excluding steroid dienone is 1. The fourth-order valence-corrected chi connectivity index (χ4v) is 3.97. The summed E-state index contributed by atoms with van der Waals surface area (Å²) in [5.74, 6) is 0.505. The summed E-state index contributed by atoms with van der Waals surface area (Å²) in [6.45, 7) is 7.37. The highest BCUT2D eigenvalue weighted by atomic mass is 32.2. The van der Waals surface area contributed by atoms with E-state index in [1.807, 2.05) is 0 Å². The van der Waals surface area contributed by atoms with E-state index in [1.165, 1.54) is 12.1 Å². The molecule has 0 aliphatic heterocycles. The minimum atomic E-state index is -3.79. The number of fused-ring (bicyclic) bond motifs is 1. The number of aromatic nitrogens is 3. The first-order chi connectivity index (χ1) is 10.8. The van der Waals surface area contributed by atoms with Gasteiger partial charge in [0.05, 0.1) is 16.1 Å². The van der Waals surface area contributed by atoms with Crippen LogP contribution in [0.2, 0.25) is 0 Å². The molecule has 2 aromatic heterocycles. The number of nitrogens with one attached hydrogen (secondary N) is 1. The average Bonchev–Trinajstić information content (AvgIpc) is 2.83. The molecule has 0 unspecified atom stereocenters. The zero-order valence-electron chi connectivity index (χ0n) is 12.8. The Morgan fingerprint density at radius 3 is 2.48 bits per heavy atom. The molecule has 118 valence electrons. The third kappa shape index (κ3) is 2.39. The molecule has 0 spiro atoms. The van der Waals surface area contributed by atoms with E-state index in [-0.39, 0.29) is 21.1 Å². The van der Waals surface area contributed by atoms with Gasteiger partial charge in [0.25, 0.3) is 0 Å². The van der Waals surface area contributed by atoms with Crippen LogP contribution >= 0.6 is 0 Å². The number of rotatable bonds is 3. The highest BCUT2D eigenvalue weighted by Gasteiger charge is 2.28. The number of hydrogen-bond donors (Lipinski definition) is 2. The lowest BCUT2D eigenvalue weighted by molar-refractivity contribution is 0.597. The number of sulfone groups is 1. The van der Waals surface area contributed by atoms with Crippen molar-refractivity contribution in [3.8, 4) is 0 Å². The minimum Gasteiger partial charge on any atom is -0.384 e. The maximum absolute atomic E-state index is 12.9. The highest BCUT2D eigenvalue weighted by molar-refractivity contribution is 7.92. The van der Waals surface area contributed by atoms with Gasteiger partial charge in [0.15, 0.2) is 0 Å². The van der Waals surface area contributed by atoms with Gasteiger partial charge in [0.1, 0.15) is 22.1 Å². The largest absolute Gasteiger partial charge is 0.384 e. The van der Waals surface area contributed by atoms with Crippen LogP contribution in [0.5, 0.6) is 0 Å². The van der Waals surface area contributed by atoms with Gasteiger partial charge in [0, 0.05) is 0 Å². The molecule has 0 saturated heterocycles. The van der Waals surface area contributed by atoms with Gasteiger partial charge in [-0.2, -0.15) is 0 Å². The fourth-order valence-electron chi connectivity index (χ4n) is 2.47. The highest BCUT2D eigenvalue weighted by Crippen LogP contribution is 2.34.